The maximum atomic E-state index is 13.2. The number of hydrogen-bond donors (Lipinski definition) is 0. The van der Waals surface area contributed by atoms with E-state index in [2.05, 4.69) is 35.5 Å². The summed E-state index contributed by atoms with van der Waals surface area (Å²) >= 11 is 2.18. The Kier molecular flexibility index (Phi) is 7.05. The van der Waals surface area contributed by atoms with E-state index >= 15 is 0 Å². The molecule has 0 spiro atoms. The number of fused-ring (bicyclic) bond motifs is 1. The molecule has 5 nitrogen and oxygen atoms in total. The zero-order valence-corrected chi connectivity index (χ0v) is 16.2. The highest BCUT2D eigenvalue weighted by atomic mass is 32.2. The molecule has 2 aromatic rings. The van der Waals surface area contributed by atoms with E-state index in [9.17, 15) is 8.42 Å². The first-order valence-electron chi connectivity index (χ1n) is 8.30. The lowest BCUT2D eigenvalue weighted by Gasteiger charge is -2.23. The number of sulfonamides is 1. The summed E-state index contributed by atoms with van der Waals surface area (Å²) in [4.78, 5) is 4.58. The number of pyridine rings is 1. The summed E-state index contributed by atoms with van der Waals surface area (Å²) in [5, 5.41) is 0.593. The van der Waals surface area contributed by atoms with Crippen LogP contribution in [0.3, 0.4) is 0 Å². The molecule has 0 atom stereocenters. The van der Waals surface area contributed by atoms with E-state index < -0.39 is 10.0 Å². The van der Waals surface area contributed by atoms with Crippen molar-refractivity contribution in [3.63, 3.8) is 0 Å². The van der Waals surface area contributed by atoms with Crippen LogP contribution in [0, 0.1) is 0 Å². The second-order valence-corrected chi connectivity index (χ2v) is 7.83. The first-order chi connectivity index (χ1) is 11.6. The Labute approximate surface area is 152 Å². The molecule has 128 valence electrons. The average Bonchev–Trinajstić information content (AvgIpc) is 2.60. The molecule has 0 aliphatic rings. The molecule has 0 amide bonds. The lowest BCUT2D eigenvalue weighted by Crippen LogP contribution is -2.33. The van der Waals surface area contributed by atoms with E-state index in [1.54, 1.807) is 34.8 Å². The van der Waals surface area contributed by atoms with Crippen LogP contribution < -0.4 is 3.79 Å². The Bertz CT molecular complexity index is 772. The van der Waals surface area contributed by atoms with Crippen LogP contribution >= 0.6 is 0 Å². The molecule has 1 aromatic carbocycles. The molecular formula is C17H23AlN2O3S. The fourth-order valence-corrected chi connectivity index (χ4v) is 4.49. The fourth-order valence-electron chi connectivity index (χ4n) is 2.60. The van der Waals surface area contributed by atoms with E-state index in [4.69, 9.17) is 3.79 Å². The molecule has 1 heterocycles. The number of hydrogen-bond acceptors (Lipinski definition) is 4. The first-order valence-corrected chi connectivity index (χ1v) is 10.2. The van der Waals surface area contributed by atoms with E-state index in [1.165, 1.54) is 0 Å². The lowest BCUT2D eigenvalue weighted by molar-refractivity contribution is 0.395. The molecule has 0 fully saturated rings. The number of benzene rings is 1. The van der Waals surface area contributed by atoms with Crippen LogP contribution in [0.15, 0.2) is 35.4 Å². The van der Waals surface area contributed by atoms with Crippen LogP contribution in [0.1, 0.15) is 39.5 Å². The van der Waals surface area contributed by atoms with Crippen molar-refractivity contribution in [1.29, 1.82) is 0 Å². The smallest absolute Gasteiger partial charge is 0.482 e. The van der Waals surface area contributed by atoms with Gasteiger partial charge in [-0.05, 0) is 37.1 Å². The highest BCUT2D eigenvalue weighted by Crippen LogP contribution is 2.31. The van der Waals surface area contributed by atoms with Gasteiger partial charge in [0.25, 0.3) is 0 Å². The standard InChI is InChI=1S/C17H24N2O3S.Al/c1-3-5-12-19(13-6-4-2)23(21,22)16-10-9-15(20)17-14(16)8-7-11-18-17;/h7-11,20H,3-6,12-13H2,1-2H3;/q;+1/p-1. The number of aromatic nitrogens is 1. The van der Waals surface area contributed by atoms with Gasteiger partial charge in [0.1, 0.15) is 11.3 Å². The SMILES string of the molecule is CCCCN(CCCC)S(=O)(=O)c1ccc([O][Al])c2ncccc12. The Balaban J connectivity index is 2.52. The summed E-state index contributed by atoms with van der Waals surface area (Å²) in [6, 6.07) is 6.80. The Morgan fingerprint density at radius 1 is 1.12 bits per heavy atom. The van der Waals surface area contributed by atoms with Gasteiger partial charge < -0.3 is 3.79 Å². The minimum absolute atomic E-state index is 0.295. The van der Waals surface area contributed by atoms with Gasteiger partial charge in [-0.15, -0.1) is 0 Å². The number of nitrogens with zero attached hydrogens (tertiary/aromatic N) is 2. The van der Waals surface area contributed by atoms with Gasteiger partial charge in [-0.3, -0.25) is 4.98 Å². The average molecular weight is 362 g/mol. The van der Waals surface area contributed by atoms with Gasteiger partial charge in [-0.1, -0.05) is 26.7 Å². The van der Waals surface area contributed by atoms with Crippen LogP contribution in [0.25, 0.3) is 10.9 Å². The first kappa shape index (κ1) is 19.2. The lowest BCUT2D eigenvalue weighted by atomic mass is 10.2. The zero-order valence-electron chi connectivity index (χ0n) is 14.2. The molecule has 0 N–H and O–H groups in total. The summed E-state index contributed by atoms with van der Waals surface area (Å²) in [6.07, 6.45) is 5.26. The second-order valence-electron chi connectivity index (χ2n) is 5.69. The monoisotopic (exact) mass is 362 g/mol. The van der Waals surface area contributed by atoms with Gasteiger partial charge in [-0.25, -0.2) is 8.42 Å². The van der Waals surface area contributed by atoms with Crippen molar-refractivity contribution in [2.45, 2.75) is 44.4 Å². The summed E-state index contributed by atoms with van der Waals surface area (Å²) in [5.74, 6) is 0.545. The molecule has 24 heavy (non-hydrogen) atoms. The van der Waals surface area contributed by atoms with Crippen molar-refractivity contribution in [3.8, 4) is 5.75 Å². The molecule has 0 bridgehead atoms. The molecule has 7 heteroatoms. The van der Waals surface area contributed by atoms with Gasteiger partial charge in [0, 0.05) is 24.7 Å². The molecule has 0 aliphatic carbocycles. The third-order valence-corrected chi connectivity index (χ3v) is 6.17. The van der Waals surface area contributed by atoms with Crippen LogP contribution in [0.5, 0.6) is 5.75 Å². The maximum Gasteiger partial charge on any atom is 0.482 e. The predicted molar refractivity (Wildman–Crippen MR) is 96.7 cm³/mol. The normalized spacial score (nSPS) is 12.0. The summed E-state index contributed by atoms with van der Waals surface area (Å²) < 4.78 is 33.3. The predicted octanol–water partition coefficient (Wildman–Crippen LogP) is 3.29. The second kappa shape index (κ2) is 8.82. The van der Waals surface area contributed by atoms with E-state index in [0.717, 1.165) is 25.7 Å². The molecule has 0 aliphatic heterocycles. The van der Waals surface area contributed by atoms with Gasteiger partial charge in [0.05, 0.1) is 4.90 Å². The highest BCUT2D eigenvalue weighted by Gasteiger charge is 2.26. The molecule has 0 saturated carbocycles. The molecule has 0 unspecified atom stereocenters. The quantitative estimate of drug-likeness (QED) is 0.642. The fraction of sp³-hybridized carbons (Fsp3) is 0.471. The highest BCUT2D eigenvalue weighted by molar-refractivity contribution is 7.89. The Morgan fingerprint density at radius 2 is 1.79 bits per heavy atom. The van der Waals surface area contributed by atoms with Crippen molar-refractivity contribution < 1.29 is 12.2 Å². The van der Waals surface area contributed by atoms with Crippen molar-refractivity contribution >= 4 is 37.6 Å². The van der Waals surface area contributed by atoms with E-state index in [0.29, 0.717) is 34.6 Å². The maximum absolute atomic E-state index is 13.2. The molecule has 2 rings (SSSR count). The van der Waals surface area contributed by atoms with Crippen LogP contribution in [-0.2, 0) is 10.0 Å². The minimum Gasteiger partial charge on any atom is -0.652 e. The van der Waals surface area contributed by atoms with Crippen LogP contribution in [0.2, 0.25) is 0 Å². The van der Waals surface area contributed by atoms with Crippen molar-refractivity contribution in [3.05, 3.63) is 30.5 Å². The molecule has 0 saturated heterocycles. The third-order valence-electron chi connectivity index (χ3n) is 3.96. The Morgan fingerprint density at radius 3 is 2.38 bits per heavy atom. The molecule has 1 aromatic heterocycles. The molecular weight excluding hydrogens is 339 g/mol. The van der Waals surface area contributed by atoms with Gasteiger partial charge in [-0.2, -0.15) is 4.31 Å². The third kappa shape index (κ3) is 4.09. The van der Waals surface area contributed by atoms with E-state index in [1.807, 2.05) is 0 Å². The van der Waals surface area contributed by atoms with Crippen LogP contribution in [-0.4, -0.2) is 47.4 Å². The van der Waals surface area contributed by atoms with E-state index in [-0.39, 0.29) is 0 Å². The topological polar surface area (TPSA) is 59.5 Å². The summed E-state index contributed by atoms with van der Waals surface area (Å²) in [6.45, 7) is 5.22. The van der Waals surface area contributed by atoms with Gasteiger partial charge >= 0.3 is 16.6 Å². The number of rotatable bonds is 9. The number of unbranched alkanes of at least 4 members (excludes halogenated alkanes) is 2. The summed E-state index contributed by atoms with van der Waals surface area (Å²) in [7, 11) is -3.57. The molecule has 2 radical (unpaired) electrons. The van der Waals surface area contributed by atoms with Crippen molar-refractivity contribution in [2.75, 3.05) is 13.1 Å². The minimum atomic E-state index is -3.57. The van der Waals surface area contributed by atoms with Crippen molar-refractivity contribution in [1.82, 2.24) is 9.29 Å². The zero-order chi connectivity index (χ0) is 17.6. The largest absolute Gasteiger partial charge is 0.652 e. The van der Waals surface area contributed by atoms with Gasteiger partial charge in [0.2, 0.25) is 10.0 Å². The van der Waals surface area contributed by atoms with Gasteiger partial charge in [0.15, 0.2) is 0 Å². The van der Waals surface area contributed by atoms with Crippen molar-refractivity contribution in [2.24, 2.45) is 0 Å². The van der Waals surface area contributed by atoms with Crippen LogP contribution in [0.4, 0.5) is 0 Å². The Hall–Kier alpha value is -1.13. The summed E-state index contributed by atoms with van der Waals surface area (Å²) in [5.41, 5.74) is 0.555.